The van der Waals surface area contributed by atoms with Crippen LogP contribution in [0.5, 0.6) is 0 Å². The van der Waals surface area contributed by atoms with Crippen LogP contribution in [0.3, 0.4) is 0 Å². The predicted octanol–water partition coefficient (Wildman–Crippen LogP) is 6.87. The van der Waals surface area contributed by atoms with E-state index in [0.29, 0.717) is 16.9 Å². The first-order chi connectivity index (χ1) is 12.9. The molecule has 1 atom stereocenters. The number of carbonyl (C=O) groups is 1. The smallest absolute Gasteiger partial charge is 0.308 e. The van der Waals surface area contributed by atoms with Gasteiger partial charge < -0.3 is 10.2 Å². The van der Waals surface area contributed by atoms with Gasteiger partial charge in [-0.1, -0.05) is 69.6 Å². The van der Waals surface area contributed by atoms with Crippen LogP contribution < -0.4 is 5.32 Å². The van der Waals surface area contributed by atoms with Gasteiger partial charge in [0.2, 0.25) is 0 Å². The normalized spacial score (nSPS) is 17.0. The van der Waals surface area contributed by atoms with Gasteiger partial charge in [0.25, 0.3) is 0 Å². The van der Waals surface area contributed by atoms with Crippen molar-refractivity contribution in [2.75, 3.05) is 17.6 Å². The minimum Gasteiger partial charge on any atom is -0.308 e. The van der Waals surface area contributed by atoms with Gasteiger partial charge in [-0.05, 0) is 40.7 Å². The highest BCUT2D eigenvalue weighted by molar-refractivity contribution is 7.99. The second-order valence-electron chi connectivity index (χ2n) is 7.52. The molecule has 3 rings (SSSR count). The summed E-state index contributed by atoms with van der Waals surface area (Å²) in [6, 6.07) is 14.1. The molecule has 27 heavy (non-hydrogen) atoms. The maximum Gasteiger partial charge on any atom is 0.323 e. The molecule has 1 aliphatic heterocycles. The van der Waals surface area contributed by atoms with E-state index in [4.69, 9.17) is 11.6 Å². The number of nitrogens with zero attached hydrogens (tertiary/aromatic N) is 1. The summed E-state index contributed by atoms with van der Waals surface area (Å²) in [5.74, 6) is 1.61. The van der Waals surface area contributed by atoms with E-state index in [1.165, 1.54) is 11.1 Å². The largest absolute Gasteiger partial charge is 0.323 e. The number of halogens is 1. The number of anilines is 1. The number of hydrogen-bond donors (Lipinski definition) is 1. The second kappa shape index (κ2) is 8.57. The van der Waals surface area contributed by atoms with E-state index < -0.39 is 0 Å². The highest BCUT2D eigenvalue weighted by Gasteiger charge is 2.31. The minimum atomic E-state index is -0.0417. The van der Waals surface area contributed by atoms with Crippen molar-refractivity contribution in [3.05, 3.63) is 64.2 Å². The Balaban J connectivity index is 1.89. The lowest BCUT2D eigenvalue weighted by Gasteiger charge is -2.27. The Bertz CT molecular complexity index is 795. The van der Waals surface area contributed by atoms with Crippen LogP contribution in [-0.4, -0.2) is 23.2 Å². The van der Waals surface area contributed by atoms with E-state index in [-0.39, 0.29) is 11.4 Å². The maximum absolute atomic E-state index is 13.2. The zero-order valence-electron chi connectivity index (χ0n) is 16.3. The van der Waals surface area contributed by atoms with Gasteiger partial charge in [0.05, 0.1) is 0 Å². The molecule has 2 amide bonds. The van der Waals surface area contributed by atoms with E-state index in [1.54, 1.807) is 11.8 Å². The van der Waals surface area contributed by atoms with Crippen LogP contribution in [-0.2, 0) is 0 Å². The van der Waals surface area contributed by atoms with Crippen LogP contribution in [0.2, 0.25) is 5.02 Å². The van der Waals surface area contributed by atoms with Crippen LogP contribution in [0.4, 0.5) is 10.5 Å². The summed E-state index contributed by atoms with van der Waals surface area (Å²) in [7, 11) is 0. The molecule has 144 valence electrons. The van der Waals surface area contributed by atoms with Gasteiger partial charge in [-0.2, -0.15) is 0 Å². The van der Waals surface area contributed by atoms with E-state index in [2.05, 4.69) is 51.2 Å². The number of thioether (sulfide) groups is 1. The van der Waals surface area contributed by atoms with Crippen LogP contribution in [0.1, 0.15) is 61.6 Å². The van der Waals surface area contributed by atoms with Crippen LogP contribution >= 0.6 is 23.4 Å². The summed E-state index contributed by atoms with van der Waals surface area (Å²) in [5, 5.41) is 3.94. The van der Waals surface area contributed by atoms with E-state index >= 15 is 0 Å². The topological polar surface area (TPSA) is 32.3 Å². The highest BCUT2D eigenvalue weighted by atomic mass is 35.5. The molecule has 1 saturated heterocycles. The Morgan fingerprint density at radius 3 is 2.33 bits per heavy atom. The van der Waals surface area contributed by atoms with E-state index in [1.807, 2.05) is 29.2 Å². The fourth-order valence-electron chi connectivity index (χ4n) is 3.49. The molecule has 5 heteroatoms. The second-order valence-corrected chi connectivity index (χ2v) is 9.15. The van der Waals surface area contributed by atoms with Gasteiger partial charge >= 0.3 is 6.03 Å². The molecule has 3 nitrogen and oxygen atoms in total. The number of para-hydroxylation sites is 1. The van der Waals surface area contributed by atoms with Crippen molar-refractivity contribution in [1.82, 2.24) is 4.90 Å². The lowest BCUT2D eigenvalue weighted by molar-refractivity contribution is 0.214. The number of hydrogen-bond acceptors (Lipinski definition) is 2. The molecule has 0 radical (unpaired) electrons. The number of rotatable bonds is 4. The van der Waals surface area contributed by atoms with Crippen molar-refractivity contribution >= 4 is 35.1 Å². The summed E-state index contributed by atoms with van der Waals surface area (Å²) in [6.07, 6.45) is 0. The molecule has 1 fully saturated rings. The molecule has 1 heterocycles. The SMILES string of the molecule is CC(C)c1cccc(C(C)C)c1NC(=O)N1CCSC1c1cccc(Cl)c1. The molecule has 0 spiro atoms. The van der Waals surface area contributed by atoms with Crippen molar-refractivity contribution in [2.45, 2.75) is 44.9 Å². The standard InChI is InChI=1S/C22H27ClN2OS/c1-14(2)18-9-6-10-19(15(3)4)20(18)24-22(26)25-11-12-27-21(25)16-7-5-8-17(23)13-16/h5-10,13-15,21H,11-12H2,1-4H3,(H,24,26). The number of nitrogens with one attached hydrogen (secondary N) is 1. The molecule has 0 saturated carbocycles. The van der Waals surface area contributed by atoms with Crippen molar-refractivity contribution in [3.63, 3.8) is 0 Å². The van der Waals surface area contributed by atoms with E-state index in [0.717, 1.165) is 23.5 Å². The van der Waals surface area contributed by atoms with Crippen molar-refractivity contribution in [1.29, 1.82) is 0 Å². The van der Waals surface area contributed by atoms with Gasteiger partial charge in [0, 0.05) is 23.0 Å². The lowest BCUT2D eigenvalue weighted by Crippen LogP contribution is -2.35. The average Bonchev–Trinajstić information content (AvgIpc) is 3.11. The van der Waals surface area contributed by atoms with Gasteiger partial charge in [-0.15, -0.1) is 11.8 Å². The van der Waals surface area contributed by atoms with Crippen molar-refractivity contribution in [2.24, 2.45) is 0 Å². The Morgan fingerprint density at radius 1 is 1.11 bits per heavy atom. The summed E-state index contributed by atoms with van der Waals surface area (Å²) >= 11 is 7.94. The van der Waals surface area contributed by atoms with Gasteiger partial charge in [-0.3, -0.25) is 0 Å². The molecule has 1 aliphatic rings. The zero-order chi connectivity index (χ0) is 19.6. The number of amides is 2. The van der Waals surface area contributed by atoms with Gasteiger partial charge in [0.1, 0.15) is 5.37 Å². The summed E-state index contributed by atoms with van der Waals surface area (Å²) in [4.78, 5) is 15.1. The Hall–Kier alpha value is -1.65. The van der Waals surface area contributed by atoms with Gasteiger partial charge in [-0.25, -0.2) is 4.79 Å². The first-order valence-corrected chi connectivity index (χ1v) is 10.9. The molecule has 2 aromatic rings. The molecule has 0 aliphatic carbocycles. The van der Waals surface area contributed by atoms with Crippen molar-refractivity contribution < 1.29 is 4.79 Å². The molecular weight excluding hydrogens is 376 g/mol. The average molecular weight is 403 g/mol. The third-order valence-corrected chi connectivity index (χ3v) is 6.39. The predicted molar refractivity (Wildman–Crippen MR) is 117 cm³/mol. The number of carbonyl (C=O) groups excluding carboxylic acids is 1. The summed E-state index contributed by atoms with van der Waals surface area (Å²) in [5.41, 5.74) is 4.40. The van der Waals surface area contributed by atoms with Gasteiger partial charge in [0.15, 0.2) is 0 Å². The summed E-state index contributed by atoms with van der Waals surface area (Å²) < 4.78 is 0. The van der Waals surface area contributed by atoms with Crippen LogP contribution in [0.15, 0.2) is 42.5 Å². The molecule has 2 aromatic carbocycles. The lowest BCUT2D eigenvalue weighted by atomic mass is 9.93. The molecular formula is C22H27ClN2OS. The molecule has 1 N–H and O–H groups in total. The van der Waals surface area contributed by atoms with Crippen molar-refractivity contribution in [3.8, 4) is 0 Å². The number of urea groups is 1. The fourth-order valence-corrected chi connectivity index (χ4v) is 4.93. The number of benzene rings is 2. The Morgan fingerprint density at radius 2 is 1.74 bits per heavy atom. The van der Waals surface area contributed by atoms with Crippen LogP contribution in [0, 0.1) is 0 Å². The molecule has 1 unspecified atom stereocenters. The first-order valence-electron chi connectivity index (χ1n) is 9.46. The third-order valence-electron chi connectivity index (χ3n) is 4.89. The Kier molecular flexibility index (Phi) is 6.38. The fraction of sp³-hybridized carbons (Fsp3) is 0.409. The van der Waals surface area contributed by atoms with Crippen LogP contribution in [0.25, 0.3) is 0 Å². The molecule has 0 aromatic heterocycles. The Labute approximate surface area is 171 Å². The highest BCUT2D eigenvalue weighted by Crippen LogP contribution is 2.40. The minimum absolute atomic E-state index is 0.00240. The first kappa shape index (κ1) is 20.1. The maximum atomic E-state index is 13.2. The summed E-state index contributed by atoms with van der Waals surface area (Å²) in [6.45, 7) is 9.38. The zero-order valence-corrected chi connectivity index (χ0v) is 17.9. The van der Waals surface area contributed by atoms with E-state index in [9.17, 15) is 4.79 Å². The monoisotopic (exact) mass is 402 g/mol. The molecule has 0 bridgehead atoms. The quantitative estimate of drug-likeness (QED) is 0.605. The third kappa shape index (κ3) is 4.44.